The van der Waals surface area contributed by atoms with Crippen molar-refractivity contribution in [2.24, 2.45) is 0 Å². The van der Waals surface area contributed by atoms with E-state index in [9.17, 15) is 4.39 Å². The number of hydrogen-bond acceptors (Lipinski definition) is 1. The van der Waals surface area contributed by atoms with Crippen LogP contribution in [-0.2, 0) is 0 Å². The van der Waals surface area contributed by atoms with Crippen LogP contribution in [0.5, 0.6) is 0 Å². The Hall–Kier alpha value is -1.35. The van der Waals surface area contributed by atoms with E-state index in [-0.39, 0.29) is 5.02 Å². The van der Waals surface area contributed by atoms with Gasteiger partial charge in [-0.3, -0.25) is 0 Å². The zero-order valence-corrected chi connectivity index (χ0v) is 7.29. The van der Waals surface area contributed by atoms with Gasteiger partial charge in [0.25, 0.3) is 0 Å². The van der Waals surface area contributed by atoms with Crippen molar-refractivity contribution in [2.75, 3.05) is 0 Å². The van der Waals surface area contributed by atoms with Crippen LogP contribution in [0.15, 0.2) is 30.7 Å². The lowest BCUT2D eigenvalue weighted by atomic mass is 10.3. The summed E-state index contributed by atoms with van der Waals surface area (Å²) in [6.07, 6.45) is 5.78. The van der Waals surface area contributed by atoms with E-state index in [2.05, 4.69) is 11.2 Å². The fourth-order valence-electron chi connectivity index (χ4n) is 1.01. The summed E-state index contributed by atoms with van der Waals surface area (Å²) in [5, 5.41) is 0.118. The Labute approximate surface area is 79.6 Å². The van der Waals surface area contributed by atoms with Crippen molar-refractivity contribution >= 4 is 11.6 Å². The minimum atomic E-state index is -0.437. The Morgan fingerprint density at radius 2 is 2.31 bits per heavy atom. The molecule has 0 saturated heterocycles. The van der Waals surface area contributed by atoms with Gasteiger partial charge in [0.2, 0.25) is 0 Å². The number of rotatable bonds is 1. The highest BCUT2D eigenvalue weighted by Crippen LogP contribution is 2.17. The number of hydrogen-bond donors (Lipinski definition) is 0. The third-order valence-corrected chi connectivity index (χ3v) is 1.96. The Balaban J connectivity index is 2.49. The lowest BCUT2D eigenvalue weighted by Crippen LogP contribution is -1.90. The molecule has 13 heavy (non-hydrogen) atoms. The van der Waals surface area contributed by atoms with Gasteiger partial charge in [-0.25, -0.2) is 9.37 Å². The highest BCUT2D eigenvalue weighted by Gasteiger charge is 2.01. The van der Waals surface area contributed by atoms with Crippen LogP contribution in [-0.4, -0.2) is 9.55 Å². The topological polar surface area (TPSA) is 17.8 Å². The molecule has 2 rings (SSSR count). The largest absolute Gasteiger partial charge is 0.305 e. The van der Waals surface area contributed by atoms with E-state index in [0.29, 0.717) is 5.69 Å². The number of imidazole rings is 1. The molecule has 0 aliphatic heterocycles. The van der Waals surface area contributed by atoms with Gasteiger partial charge in [0.15, 0.2) is 0 Å². The van der Waals surface area contributed by atoms with Gasteiger partial charge >= 0.3 is 0 Å². The summed E-state index contributed by atoms with van der Waals surface area (Å²) >= 11 is 5.53. The van der Waals surface area contributed by atoms with Gasteiger partial charge in [0, 0.05) is 11.9 Å². The van der Waals surface area contributed by atoms with Gasteiger partial charge in [0.05, 0.1) is 11.3 Å². The number of nitrogens with zero attached hydrogens (tertiary/aromatic N) is 2. The van der Waals surface area contributed by atoms with E-state index in [0.717, 1.165) is 0 Å². The molecular weight excluding hydrogens is 191 g/mol. The predicted octanol–water partition coefficient (Wildman–Crippen LogP) is 2.46. The average molecular weight is 196 g/mol. The molecule has 65 valence electrons. The van der Waals surface area contributed by atoms with Crippen molar-refractivity contribution in [1.82, 2.24) is 9.55 Å². The number of halogens is 2. The first-order valence-corrected chi connectivity index (χ1v) is 4.00. The molecule has 1 radical (unpaired) electrons. The molecule has 2 aromatic rings. The Morgan fingerprint density at radius 3 is 2.92 bits per heavy atom. The Morgan fingerprint density at radius 1 is 1.46 bits per heavy atom. The monoisotopic (exact) mass is 195 g/mol. The van der Waals surface area contributed by atoms with Crippen LogP contribution >= 0.6 is 11.6 Å². The SMILES string of the molecule is Fc1cc(-n2c[c]nc2)ccc1Cl. The van der Waals surface area contributed by atoms with Crippen LogP contribution in [0.3, 0.4) is 0 Å². The molecule has 0 N–H and O–H groups in total. The van der Waals surface area contributed by atoms with E-state index in [1.807, 2.05) is 0 Å². The second kappa shape index (κ2) is 3.18. The van der Waals surface area contributed by atoms with E-state index in [1.54, 1.807) is 23.2 Å². The molecule has 0 spiro atoms. The molecule has 2 nitrogen and oxygen atoms in total. The molecule has 0 saturated carbocycles. The van der Waals surface area contributed by atoms with Crippen molar-refractivity contribution in [3.8, 4) is 5.69 Å². The molecule has 0 bridgehead atoms. The predicted molar refractivity (Wildman–Crippen MR) is 47.4 cm³/mol. The van der Waals surface area contributed by atoms with Gasteiger partial charge in [0.1, 0.15) is 12.0 Å². The second-order valence-corrected chi connectivity index (χ2v) is 2.92. The minimum Gasteiger partial charge on any atom is -0.305 e. The third kappa shape index (κ3) is 1.55. The second-order valence-electron chi connectivity index (χ2n) is 2.51. The average Bonchev–Trinajstić information content (AvgIpc) is 2.62. The lowest BCUT2D eigenvalue weighted by molar-refractivity contribution is 0.627. The van der Waals surface area contributed by atoms with Gasteiger partial charge in [-0.15, -0.1) is 0 Å². The van der Waals surface area contributed by atoms with Crippen LogP contribution in [0.25, 0.3) is 5.69 Å². The normalized spacial score (nSPS) is 10.3. The van der Waals surface area contributed by atoms with Crippen LogP contribution in [0.2, 0.25) is 5.02 Å². The zero-order chi connectivity index (χ0) is 9.26. The highest BCUT2D eigenvalue weighted by molar-refractivity contribution is 6.30. The molecule has 0 amide bonds. The summed E-state index contributed by atoms with van der Waals surface area (Å²) in [5.74, 6) is -0.437. The smallest absolute Gasteiger partial charge is 0.143 e. The molecule has 0 unspecified atom stereocenters. The van der Waals surface area contributed by atoms with Crippen molar-refractivity contribution in [3.63, 3.8) is 0 Å². The summed E-state index contributed by atoms with van der Waals surface area (Å²) < 4.78 is 14.6. The molecule has 0 aliphatic rings. The van der Waals surface area contributed by atoms with Gasteiger partial charge < -0.3 is 4.57 Å². The molecule has 4 heteroatoms. The van der Waals surface area contributed by atoms with Crippen LogP contribution in [0, 0.1) is 12.0 Å². The molecule has 0 fully saturated rings. The van der Waals surface area contributed by atoms with E-state index in [1.165, 1.54) is 12.1 Å². The van der Waals surface area contributed by atoms with E-state index < -0.39 is 5.82 Å². The van der Waals surface area contributed by atoms with Crippen LogP contribution in [0.4, 0.5) is 4.39 Å². The number of aromatic nitrogens is 2. The first kappa shape index (κ1) is 8.26. The Kier molecular flexibility index (Phi) is 2.02. The first-order valence-electron chi connectivity index (χ1n) is 3.63. The summed E-state index contributed by atoms with van der Waals surface area (Å²) in [7, 11) is 0. The summed E-state index contributed by atoms with van der Waals surface area (Å²) in [4.78, 5) is 3.73. The van der Waals surface area contributed by atoms with Crippen LogP contribution in [0.1, 0.15) is 0 Å². The maximum absolute atomic E-state index is 13.0. The standard InChI is InChI=1S/C9H5ClFN2/c10-8-2-1-7(5-9(8)11)13-4-3-12-6-13/h1-2,4-6H. The maximum atomic E-state index is 13.0. The fourth-order valence-corrected chi connectivity index (χ4v) is 1.13. The minimum absolute atomic E-state index is 0.118. The summed E-state index contributed by atoms with van der Waals surface area (Å²) in [6, 6.07) is 4.56. The number of benzene rings is 1. The first-order chi connectivity index (χ1) is 6.27. The molecular formula is C9H5ClFN2. The van der Waals surface area contributed by atoms with E-state index in [4.69, 9.17) is 11.6 Å². The van der Waals surface area contributed by atoms with E-state index >= 15 is 0 Å². The highest BCUT2D eigenvalue weighted by atomic mass is 35.5. The molecule has 0 atom stereocenters. The summed E-state index contributed by atoms with van der Waals surface area (Å²) in [6.45, 7) is 0. The third-order valence-electron chi connectivity index (χ3n) is 1.65. The van der Waals surface area contributed by atoms with Gasteiger partial charge in [-0.05, 0) is 18.2 Å². The molecule has 0 aliphatic carbocycles. The van der Waals surface area contributed by atoms with Gasteiger partial charge in [-0.2, -0.15) is 0 Å². The fraction of sp³-hybridized carbons (Fsp3) is 0. The lowest BCUT2D eigenvalue weighted by Gasteiger charge is -2.01. The molecule has 1 aromatic heterocycles. The zero-order valence-electron chi connectivity index (χ0n) is 6.54. The molecule has 1 heterocycles. The Bertz CT molecular complexity index is 412. The van der Waals surface area contributed by atoms with Crippen molar-refractivity contribution < 1.29 is 4.39 Å². The van der Waals surface area contributed by atoms with Crippen molar-refractivity contribution in [1.29, 1.82) is 0 Å². The quantitative estimate of drug-likeness (QED) is 0.684. The van der Waals surface area contributed by atoms with Gasteiger partial charge in [-0.1, -0.05) is 11.6 Å². The summed E-state index contributed by atoms with van der Waals surface area (Å²) in [5.41, 5.74) is 0.677. The molecule has 1 aromatic carbocycles. The van der Waals surface area contributed by atoms with Crippen molar-refractivity contribution in [2.45, 2.75) is 0 Å². The van der Waals surface area contributed by atoms with Crippen molar-refractivity contribution in [3.05, 3.63) is 47.8 Å². The van der Waals surface area contributed by atoms with Crippen LogP contribution < -0.4 is 0 Å². The maximum Gasteiger partial charge on any atom is 0.143 e.